The number of aromatic nitrogens is 2. The summed E-state index contributed by atoms with van der Waals surface area (Å²) in [5.41, 5.74) is -0.915. The molecule has 4 bridgehead atoms. The molecule has 5 rings (SSSR count). The largest absolute Gasteiger partial charge is 0.423 e. The Morgan fingerprint density at radius 2 is 1.92 bits per heavy atom. The fourth-order valence-corrected chi connectivity index (χ4v) is 6.54. The maximum atomic E-state index is 13.6. The molecule has 1 amide bonds. The van der Waals surface area contributed by atoms with E-state index in [1.165, 1.54) is 6.42 Å². The lowest BCUT2D eigenvalue weighted by Gasteiger charge is -2.64. The van der Waals surface area contributed by atoms with Crippen molar-refractivity contribution in [3.8, 4) is 0 Å². The van der Waals surface area contributed by atoms with E-state index < -0.39 is 11.0 Å². The van der Waals surface area contributed by atoms with E-state index in [-0.39, 0.29) is 11.3 Å². The Kier molecular flexibility index (Phi) is 4.17. The first-order chi connectivity index (χ1) is 12.3. The molecule has 4 saturated carbocycles. The van der Waals surface area contributed by atoms with E-state index in [0.29, 0.717) is 43.6 Å². The van der Waals surface area contributed by atoms with Crippen molar-refractivity contribution in [1.82, 2.24) is 15.1 Å². The second-order valence-electron chi connectivity index (χ2n) is 9.13. The summed E-state index contributed by atoms with van der Waals surface area (Å²) < 4.78 is 5.63. The molecule has 0 radical (unpaired) electrons. The third-order valence-corrected chi connectivity index (χ3v) is 7.16. The molecule has 0 spiro atoms. The molecule has 1 N–H and O–H groups in total. The number of carbonyl (C=O) groups is 1. The third-order valence-electron chi connectivity index (χ3n) is 7.16. The van der Waals surface area contributed by atoms with Gasteiger partial charge in [0.1, 0.15) is 0 Å². The number of rotatable bonds is 6. The number of carbonyl (C=O) groups excluding carboxylic acids is 1. The Bertz CT molecular complexity index is 704. The highest BCUT2D eigenvalue weighted by molar-refractivity contribution is 5.83. The van der Waals surface area contributed by atoms with Gasteiger partial charge in [-0.3, -0.25) is 4.79 Å². The number of nitrogens with zero attached hydrogens (tertiary/aromatic N) is 3. The van der Waals surface area contributed by atoms with Crippen LogP contribution in [0, 0.1) is 16.7 Å². The van der Waals surface area contributed by atoms with Crippen molar-refractivity contribution in [2.75, 3.05) is 6.54 Å². The Morgan fingerprint density at radius 3 is 2.54 bits per heavy atom. The van der Waals surface area contributed by atoms with Gasteiger partial charge in [0.05, 0.1) is 17.6 Å². The van der Waals surface area contributed by atoms with Crippen LogP contribution in [0.1, 0.15) is 77.5 Å². The van der Waals surface area contributed by atoms with E-state index in [9.17, 15) is 9.90 Å². The SMILES string of the molecule is CCc1nnc(CN(CC)C(=O)[C@@]23C[C@@H]4C[C@@](O)(C[C@@](CC)(C4)C2)C3)o1. The Hall–Kier alpha value is -1.43. The van der Waals surface area contributed by atoms with E-state index in [4.69, 9.17) is 4.42 Å². The molecular weight excluding hydrogens is 330 g/mol. The van der Waals surface area contributed by atoms with Crippen LogP contribution in [0.25, 0.3) is 0 Å². The van der Waals surface area contributed by atoms with Crippen molar-refractivity contribution < 1.29 is 14.3 Å². The van der Waals surface area contributed by atoms with Gasteiger partial charge in [0.2, 0.25) is 17.7 Å². The molecule has 6 heteroatoms. The van der Waals surface area contributed by atoms with Gasteiger partial charge in [0.25, 0.3) is 0 Å². The lowest BCUT2D eigenvalue weighted by atomic mass is 9.42. The van der Waals surface area contributed by atoms with E-state index >= 15 is 0 Å². The highest BCUT2D eigenvalue weighted by atomic mass is 16.4. The first-order valence-corrected chi connectivity index (χ1v) is 10.2. The van der Waals surface area contributed by atoms with Gasteiger partial charge in [-0.1, -0.05) is 20.3 Å². The second-order valence-corrected chi connectivity index (χ2v) is 9.13. The Morgan fingerprint density at radius 1 is 1.15 bits per heavy atom. The highest BCUT2D eigenvalue weighted by Crippen LogP contribution is 2.68. The van der Waals surface area contributed by atoms with E-state index in [1.54, 1.807) is 0 Å². The van der Waals surface area contributed by atoms with Gasteiger partial charge >= 0.3 is 0 Å². The van der Waals surface area contributed by atoms with Gasteiger partial charge in [0.15, 0.2) is 0 Å². The molecular formula is C20H31N3O3. The van der Waals surface area contributed by atoms with Gasteiger partial charge < -0.3 is 14.4 Å². The van der Waals surface area contributed by atoms with E-state index in [1.807, 2.05) is 18.7 Å². The van der Waals surface area contributed by atoms with Crippen LogP contribution in [0.15, 0.2) is 4.42 Å². The van der Waals surface area contributed by atoms with Gasteiger partial charge in [-0.05, 0) is 56.8 Å². The summed E-state index contributed by atoms with van der Waals surface area (Å²) in [6.45, 7) is 7.18. The third kappa shape index (κ3) is 2.77. The fraction of sp³-hybridized carbons (Fsp3) is 0.850. The average Bonchev–Trinajstić information content (AvgIpc) is 3.04. The molecule has 4 atom stereocenters. The molecule has 0 aromatic carbocycles. The van der Waals surface area contributed by atoms with Crippen molar-refractivity contribution in [1.29, 1.82) is 0 Å². The number of amides is 1. The number of hydrogen-bond acceptors (Lipinski definition) is 5. The minimum Gasteiger partial charge on any atom is -0.423 e. The van der Waals surface area contributed by atoms with Crippen molar-refractivity contribution in [3.05, 3.63) is 11.8 Å². The minimum atomic E-state index is -0.648. The molecule has 4 aliphatic rings. The summed E-state index contributed by atoms with van der Waals surface area (Å²) in [4.78, 5) is 15.5. The molecule has 0 unspecified atom stereocenters. The van der Waals surface area contributed by atoms with Gasteiger partial charge in [-0.15, -0.1) is 10.2 Å². The van der Waals surface area contributed by atoms with Crippen LogP contribution >= 0.6 is 0 Å². The molecule has 1 aromatic rings. The fourth-order valence-electron chi connectivity index (χ4n) is 6.54. The van der Waals surface area contributed by atoms with Crippen LogP contribution in [-0.4, -0.2) is 38.3 Å². The van der Waals surface area contributed by atoms with Crippen molar-refractivity contribution in [2.24, 2.45) is 16.7 Å². The lowest BCUT2D eigenvalue weighted by Crippen LogP contribution is -2.64. The molecule has 4 aliphatic carbocycles. The quantitative estimate of drug-likeness (QED) is 0.842. The van der Waals surface area contributed by atoms with E-state index in [0.717, 1.165) is 32.1 Å². The molecule has 1 aromatic heterocycles. The van der Waals surface area contributed by atoms with Gasteiger partial charge in [-0.2, -0.15) is 0 Å². The highest BCUT2D eigenvalue weighted by Gasteiger charge is 2.65. The molecule has 1 heterocycles. The normalized spacial score (nSPS) is 37.9. The van der Waals surface area contributed by atoms with Crippen LogP contribution in [0.4, 0.5) is 0 Å². The summed E-state index contributed by atoms with van der Waals surface area (Å²) in [6.07, 6.45) is 7.15. The summed E-state index contributed by atoms with van der Waals surface area (Å²) in [6, 6.07) is 0. The Balaban J connectivity index is 1.59. The zero-order chi connectivity index (χ0) is 18.6. The average molecular weight is 361 g/mol. The summed E-state index contributed by atoms with van der Waals surface area (Å²) in [5, 5.41) is 19.3. The summed E-state index contributed by atoms with van der Waals surface area (Å²) in [7, 11) is 0. The molecule has 0 saturated heterocycles. The molecule has 6 nitrogen and oxygen atoms in total. The zero-order valence-electron chi connectivity index (χ0n) is 16.3. The van der Waals surface area contributed by atoms with Crippen LogP contribution in [0.5, 0.6) is 0 Å². The monoisotopic (exact) mass is 361 g/mol. The van der Waals surface area contributed by atoms with E-state index in [2.05, 4.69) is 17.1 Å². The first-order valence-electron chi connectivity index (χ1n) is 10.2. The predicted molar refractivity (Wildman–Crippen MR) is 96.1 cm³/mol. The second kappa shape index (κ2) is 6.04. The van der Waals surface area contributed by atoms with Crippen LogP contribution in [0.3, 0.4) is 0 Å². The van der Waals surface area contributed by atoms with Crippen LogP contribution < -0.4 is 0 Å². The van der Waals surface area contributed by atoms with Crippen LogP contribution in [0.2, 0.25) is 0 Å². The molecule has 26 heavy (non-hydrogen) atoms. The van der Waals surface area contributed by atoms with Crippen molar-refractivity contribution in [3.63, 3.8) is 0 Å². The number of hydrogen-bond donors (Lipinski definition) is 1. The molecule has 4 fully saturated rings. The van der Waals surface area contributed by atoms with Gasteiger partial charge in [-0.25, -0.2) is 0 Å². The predicted octanol–water partition coefficient (Wildman–Crippen LogP) is 3.09. The standard InChI is InChI=1S/C20H31N3O3/c1-4-15-21-22-16(26-15)10-23(6-3)17(24)19-8-14-7-18(5-2,11-19)12-20(25,9-14)13-19/h14,25H,4-13H2,1-3H3/t14-,18+,19+,20-/m1/s1. The van der Waals surface area contributed by atoms with Crippen molar-refractivity contribution >= 4 is 5.91 Å². The van der Waals surface area contributed by atoms with Gasteiger partial charge in [0, 0.05) is 13.0 Å². The Labute approximate surface area is 155 Å². The molecule has 0 aliphatic heterocycles. The lowest BCUT2D eigenvalue weighted by molar-refractivity contribution is -0.210. The van der Waals surface area contributed by atoms with Crippen molar-refractivity contribution in [2.45, 2.75) is 84.3 Å². The minimum absolute atomic E-state index is 0.142. The topological polar surface area (TPSA) is 79.5 Å². The summed E-state index contributed by atoms with van der Waals surface area (Å²) >= 11 is 0. The number of aryl methyl sites for hydroxylation is 1. The smallest absolute Gasteiger partial charge is 0.235 e. The zero-order valence-corrected chi connectivity index (χ0v) is 16.3. The molecule has 144 valence electrons. The maximum absolute atomic E-state index is 13.6. The summed E-state index contributed by atoms with van der Waals surface area (Å²) in [5.74, 6) is 1.77. The maximum Gasteiger partial charge on any atom is 0.235 e. The van der Waals surface area contributed by atoms with Crippen LogP contribution in [-0.2, 0) is 17.8 Å². The number of aliphatic hydroxyl groups is 1. The first kappa shape index (κ1) is 18.0.